The summed E-state index contributed by atoms with van der Waals surface area (Å²) in [6, 6.07) is 5.61. The Morgan fingerprint density at radius 3 is 2.95 bits per heavy atom. The van der Waals surface area contributed by atoms with E-state index in [-0.39, 0.29) is 11.5 Å². The molecule has 3 rings (SSSR count). The van der Waals surface area contributed by atoms with Gasteiger partial charge in [-0.3, -0.25) is 0 Å². The lowest BCUT2D eigenvalue weighted by molar-refractivity contribution is -0.117. The van der Waals surface area contributed by atoms with Gasteiger partial charge in [0.05, 0.1) is 23.3 Å². The molecular weight excluding hydrogens is 344 g/mol. The van der Waals surface area contributed by atoms with Crippen LogP contribution in [0.15, 0.2) is 22.7 Å². The van der Waals surface area contributed by atoms with Crippen LogP contribution in [0.1, 0.15) is 30.9 Å². The topological polar surface area (TPSA) is 38.7 Å². The van der Waals surface area contributed by atoms with Crippen LogP contribution < -0.4 is 0 Å². The minimum absolute atomic E-state index is 0.173. The standard InChI is InChI=1S/C15H18BrClO3/c16-12-7-10(1-2-13(12)17)14(18)11-3-5-20-15(8-11)4-6-19-9-15/h1-2,7,11,14,18H,3-6,8-9H2. The Kier molecular flexibility index (Phi) is 4.39. The number of benzene rings is 1. The zero-order valence-electron chi connectivity index (χ0n) is 11.1. The van der Waals surface area contributed by atoms with Crippen molar-refractivity contribution in [2.24, 2.45) is 5.92 Å². The quantitative estimate of drug-likeness (QED) is 0.872. The molecule has 0 aliphatic carbocycles. The maximum Gasteiger partial charge on any atom is 0.0940 e. The molecule has 2 fully saturated rings. The van der Waals surface area contributed by atoms with Gasteiger partial charge in [0.2, 0.25) is 0 Å². The van der Waals surface area contributed by atoms with E-state index in [1.807, 2.05) is 18.2 Å². The zero-order chi connectivity index (χ0) is 14.2. The van der Waals surface area contributed by atoms with Crippen molar-refractivity contribution in [1.29, 1.82) is 0 Å². The highest BCUT2D eigenvalue weighted by molar-refractivity contribution is 9.10. The smallest absolute Gasteiger partial charge is 0.0940 e. The summed E-state index contributed by atoms with van der Waals surface area (Å²) in [4.78, 5) is 0. The highest BCUT2D eigenvalue weighted by atomic mass is 79.9. The summed E-state index contributed by atoms with van der Waals surface area (Å²) in [5.74, 6) is 0.207. The van der Waals surface area contributed by atoms with Crippen molar-refractivity contribution in [2.45, 2.75) is 31.0 Å². The van der Waals surface area contributed by atoms with Crippen LogP contribution in [-0.2, 0) is 9.47 Å². The molecule has 1 aromatic carbocycles. The third kappa shape index (κ3) is 2.90. The number of ether oxygens (including phenoxy) is 2. The molecule has 1 aromatic rings. The van der Waals surface area contributed by atoms with E-state index in [2.05, 4.69) is 15.9 Å². The summed E-state index contributed by atoms with van der Waals surface area (Å²) >= 11 is 9.41. The molecule has 3 nitrogen and oxygen atoms in total. The molecule has 0 saturated carbocycles. The normalized spacial score (nSPS) is 31.6. The monoisotopic (exact) mass is 360 g/mol. The van der Waals surface area contributed by atoms with Crippen molar-refractivity contribution in [3.63, 3.8) is 0 Å². The van der Waals surface area contributed by atoms with Crippen molar-refractivity contribution in [1.82, 2.24) is 0 Å². The molecule has 0 amide bonds. The van der Waals surface area contributed by atoms with E-state index in [0.717, 1.165) is 35.9 Å². The Hall–Kier alpha value is -0.130. The Morgan fingerprint density at radius 1 is 1.40 bits per heavy atom. The first-order valence-electron chi connectivity index (χ1n) is 6.94. The minimum atomic E-state index is -0.482. The molecule has 5 heteroatoms. The fourth-order valence-electron chi connectivity index (χ4n) is 3.17. The molecule has 110 valence electrons. The van der Waals surface area contributed by atoms with Crippen LogP contribution in [0.3, 0.4) is 0 Å². The zero-order valence-corrected chi connectivity index (χ0v) is 13.5. The van der Waals surface area contributed by atoms with E-state index >= 15 is 0 Å². The Bertz CT molecular complexity index is 488. The van der Waals surface area contributed by atoms with E-state index in [1.165, 1.54) is 0 Å². The third-order valence-corrected chi connectivity index (χ3v) is 5.54. The maximum atomic E-state index is 10.6. The number of hydrogen-bond donors (Lipinski definition) is 1. The summed E-state index contributed by atoms with van der Waals surface area (Å²) < 4.78 is 12.2. The van der Waals surface area contributed by atoms with E-state index in [0.29, 0.717) is 18.2 Å². The molecule has 0 aromatic heterocycles. The van der Waals surface area contributed by atoms with Crippen LogP contribution in [0.5, 0.6) is 0 Å². The van der Waals surface area contributed by atoms with Crippen LogP contribution in [-0.4, -0.2) is 30.5 Å². The molecular formula is C15H18BrClO3. The van der Waals surface area contributed by atoms with Gasteiger partial charge in [0, 0.05) is 24.1 Å². The average Bonchev–Trinajstić information content (AvgIpc) is 2.89. The van der Waals surface area contributed by atoms with Gasteiger partial charge in [0.1, 0.15) is 0 Å². The lowest BCUT2D eigenvalue weighted by Gasteiger charge is -2.39. The number of hydrogen-bond acceptors (Lipinski definition) is 3. The van der Waals surface area contributed by atoms with Crippen LogP contribution in [0.2, 0.25) is 5.02 Å². The van der Waals surface area contributed by atoms with Gasteiger partial charge >= 0.3 is 0 Å². The van der Waals surface area contributed by atoms with Crippen molar-refractivity contribution < 1.29 is 14.6 Å². The van der Waals surface area contributed by atoms with Crippen LogP contribution in [0.25, 0.3) is 0 Å². The predicted molar refractivity (Wildman–Crippen MR) is 81.0 cm³/mol. The second-order valence-corrected chi connectivity index (χ2v) is 6.97. The lowest BCUT2D eigenvalue weighted by atomic mass is 9.80. The van der Waals surface area contributed by atoms with Crippen LogP contribution in [0, 0.1) is 5.92 Å². The first kappa shape index (κ1) is 14.8. The van der Waals surface area contributed by atoms with E-state index in [9.17, 15) is 5.11 Å². The first-order valence-corrected chi connectivity index (χ1v) is 8.11. The largest absolute Gasteiger partial charge is 0.388 e. The van der Waals surface area contributed by atoms with Gasteiger partial charge in [0.25, 0.3) is 0 Å². The lowest BCUT2D eigenvalue weighted by Crippen LogP contribution is -2.41. The van der Waals surface area contributed by atoms with Crippen molar-refractivity contribution in [3.8, 4) is 0 Å². The fourth-order valence-corrected chi connectivity index (χ4v) is 3.68. The van der Waals surface area contributed by atoms with Crippen LogP contribution in [0.4, 0.5) is 0 Å². The summed E-state index contributed by atoms with van der Waals surface area (Å²) in [5, 5.41) is 11.3. The molecule has 0 bridgehead atoms. The second kappa shape index (κ2) is 5.93. The van der Waals surface area contributed by atoms with Gasteiger partial charge in [0.15, 0.2) is 0 Å². The minimum Gasteiger partial charge on any atom is -0.388 e. The third-order valence-electron chi connectivity index (χ3n) is 4.33. The number of rotatable bonds is 2. The van der Waals surface area contributed by atoms with Gasteiger partial charge in [-0.25, -0.2) is 0 Å². The average molecular weight is 362 g/mol. The SMILES string of the molecule is OC(c1ccc(Cl)c(Br)c1)C1CCOC2(CCOC2)C1. The van der Waals surface area contributed by atoms with Gasteiger partial charge in [-0.2, -0.15) is 0 Å². The molecule has 2 aliphatic rings. The molecule has 1 spiro atoms. The Labute approximate surface area is 132 Å². The van der Waals surface area contributed by atoms with E-state index < -0.39 is 6.10 Å². The van der Waals surface area contributed by atoms with Gasteiger partial charge in [-0.15, -0.1) is 0 Å². The van der Waals surface area contributed by atoms with Gasteiger partial charge < -0.3 is 14.6 Å². The first-order chi connectivity index (χ1) is 9.60. The summed E-state index contributed by atoms with van der Waals surface area (Å²) in [6.45, 7) is 2.11. The molecule has 2 saturated heterocycles. The number of halogens is 2. The Balaban J connectivity index is 1.75. The second-order valence-electron chi connectivity index (χ2n) is 5.71. The molecule has 1 N–H and O–H groups in total. The highest BCUT2D eigenvalue weighted by Gasteiger charge is 2.42. The van der Waals surface area contributed by atoms with Crippen molar-refractivity contribution in [3.05, 3.63) is 33.3 Å². The van der Waals surface area contributed by atoms with Gasteiger partial charge in [-0.05, 0) is 52.4 Å². The predicted octanol–water partition coefficient (Wildman–Crippen LogP) is 3.72. The number of aliphatic hydroxyl groups excluding tert-OH is 1. The van der Waals surface area contributed by atoms with Crippen molar-refractivity contribution >= 4 is 27.5 Å². The van der Waals surface area contributed by atoms with Crippen LogP contribution >= 0.6 is 27.5 Å². The summed E-state index contributed by atoms with van der Waals surface area (Å²) in [5.41, 5.74) is 0.732. The molecule has 20 heavy (non-hydrogen) atoms. The molecule has 3 unspecified atom stereocenters. The van der Waals surface area contributed by atoms with Crippen molar-refractivity contribution in [2.75, 3.05) is 19.8 Å². The Morgan fingerprint density at radius 2 is 2.25 bits per heavy atom. The van der Waals surface area contributed by atoms with E-state index in [4.69, 9.17) is 21.1 Å². The molecule has 0 radical (unpaired) electrons. The highest BCUT2D eigenvalue weighted by Crippen LogP contribution is 2.41. The molecule has 2 heterocycles. The van der Waals surface area contributed by atoms with E-state index in [1.54, 1.807) is 0 Å². The summed E-state index contributed by atoms with van der Waals surface area (Å²) in [6.07, 6.45) is 2.18. The fraction of sp³-hybridized carbons (Fsp3) is 0.600. The summed E-state index contributed by atoms with van der Waals surface area (Å²) in [7, 11) is 0. The maximum absolute atomic E-state index is 10.6. The van der Waals surface area contributed by atoms with Gasteiger partial charge in [-0.1, -0.05) is 17.7 Å². The number of aliphatic hydroxyl groups is 1. The molecule has 3 atom stereocenters. The molecule has 2 aliphatic heterocycles.